The van der Waals surface area contributed by atoms with Crippen molar-refractivity contribution >= 4 is 21.6 Å². The number of rotatable bonds is 6. The van der Waals surface area contributed by atoms with E-state index in [9.17, 15) is 8.42 Å². The maximum atomic E-state index is 11.7. The maximum absolute atomic E-state index is 11.7. The van der Waals surface area contributed by atoms with E-state index < -0.39 is 9.84 Å². The SMILES string of the molecule is CCN(Cc1ccccc1)c1ccnc(N(C)C2CCS(=O)(=O)C2)n1. The highest BCUT2D eigenvalue weighted by molar-refractivity contribution is 7.91. The third-order valence-corrected chi connectivity index (χ3v) is 6.37. The molecule has 1 aromatic heterocycles. The van der Waals surface area contributed by atoms with Gasteiger partial charge in [0.2, 0.25) is 5.95 Å². The molecule has 0 bridgehead atoms. The van der Waals surface area contributed by atoms with Gasteiger partial charge in [0.15, 0.2) is 9.84 Å². The van der Waals surface area contributed by atoms with E-state index in [0.717, 1.165) is 18.9 Å². The Hall–Kier alpha value is -2.15. The minimum atomic E-state index is -2.93. The quantitative estimate of drug-likeness (QED) is 0.786. The number of benzene rings is 1. The Morgan fingerprint density at radius 2 is 1.96 bits per heavy atom. The first-order valence-corrected chi connectivity index (χ1v) is 10.4. The molecular weight excluding hydrogens is 336 g/mol. The van der Waals surface area contributed by atoms with Gasteiger partial charge >= 0.3 is 0 Å². The topological polar surface area (TPSA) is 66.4 Å². The molecule has 6 nitrogen and oxygen atoms in total. The first-order chi connectivity index (χ1) is 12.0. The van der Waals surface area contributed by atoms with Gasteiger partial charge in [-0.15, -0.1) is 0 Å². The van der Waals surface area contributed by atoms with Gasteiger partial charge in [0, 0.05) is 32.4 Å². The summed E-state index contributed by atoms with van der Waals surface area (Å²) in [6.07, 6.45) is 2.37. The summed E-state index contributed by atoms with van der Waals surface area (Å²) in [6, 6.07) is 12.1. The fourth-order valence-electron chi connectivity index (χ4n) is 3.09. The van der Waals surface area contributed by atoms with Crippen LogP contribution >= 0.6 is 0 Å². The van der Waals surface area contributed by atoms with Crippen molar-refractivity contribution in [1.29, 1.82) is 0 Å². The highest BCUT2D eigenvalue weighted by atomic mass is 32.2. The first-order valence-electron chi connectivity index (χ1n) is 8.53. The van der Waals surface area contributed by atoms with E-state index in [1.54, 1.807) is 6.20 Å². The molecule has 0 N–H and O–H groups in total. The van der Waals surface area contributed by atoms with Crippen molar-refractivity contribution in [3.05, 3.63) is 48.2 Å². The Balaban J connectivity index is 1.78. The number of hydrogen-bond donors (Lipinski definition) is 0. The van der Waals surface area contributed by atoms with E-state index in [2.05, 4.69) is 33.9 Å². The second kappa shape index (κ2) is 7.39. The van der Waals surface area contributed by atoms with Crippen LogP contribution < -0.4 is 9.80 Å². The van der Waals surface area contributed by atoms with Gasteiger partial charge in [0.25, 0.3) is 0 Å². The minimum absolute atomic E-state index is 0.0514. The lowest BCUT2D eigenvalue weighted by atomic mass is 10.2. The number of nitrogens with zero attached hydrogens (tertiary/aromatic N) is 4. The molecule has 1 fully saturated rings. The summed E-state index contributed by atoms with van der Waals surface area (Å²) in [5.74, 6) is 1.85. The third-order valence-electron chi connectivity index (χ3n) is 4.62. The Kier molecular flexibility index (Phi) is 5.22. The second-order valence-corrected chi connectivity index (χ2v) is 8.61. The lowest BCUT2D eigenvalue weighted by molar-refractivity contribution is 0.600. The van der Waals surface area contributed by atoms with Gasteiger partial charge in [-0.1, -0.05) is 30.3 Å². The van der Waals surface area contributed by atoms with Crippen LogP contribution in [0.1, 0.15) is 18.9 Å². The van der Waals surface area contributed by atoms with Crippen LogP contribution in [0.25, 0.3) is 0 Å². The molecule has 1 aliphatic heterocycles. The molecule has 0 aliphatic carbocycles. The summed E-state index contributed by atoms with van der Waals surface area (Å²) in [7, 11) is -1.05. The molecule has 0 radical (unpaired) electrons. The zero-order valence-corrected chi connectivity index (χ0v) is 15.5. The van der Waals surface area contributed by atoms with Gasteiger partial charge in [-0.2, -0.15) is 4.98 Å². The normalized spacial score (nSPS) is 18.9. The smallest absolute Gasteiger partial charge is 0.227 e. The summed E-state index contributed by atoms with van der Waals surface area (Å²) in [4.78, 5) is 13.1. The van der Waals surface area contributed by atoms with Crippen molar-refractivity contribution in [3.63, 3.8) is 0 Å². The van der Waals surface area contributed by atoms with E-state index in [-0.39, 0.29) is 17.5 Å². The second-order valence-electron chi connectivity index (χ2n) is 6.38. The molecule has 0 spiro atoms. The summed E-state index contributed by atoms with van der Waals surface area (Å²) in [6.45, 7) is 3.69. The average molecular weight is 360 g/mol. The fraction of sp³-hybridized carbons (Fsp3) is 0.444. The maximum Gasteiger partial charge on any atom is 0.227 e. The number of aromatic nitrogens is 2. The largest absolute Gasteiger partial charge is 0.352 e. The van der Waals surface area contributed by atoms with Gasteiger partial charge in [-0.25, -0.2) is 13.4 Å². The van der Waals surface area contributed by atoms with Crippen LogP contribution in [0.5, 0.6) is 0 Å². The molecule has 1 aromatic carbocycles. The molecule has 0 saturated carbocycles. The minimum Gasteiger partial charge on any atom is -0.352 e. The standard InChI is InChI=1S/C18H24N4O2S/c1-3-22(13-15-7-5-4-6-8-15)17-9-11-19-18(20-17)21(2)16-10-12-25(23,24)14-16/h4-9,11,16H,3,10,12-14H2,1-2H3. The van der Waals surface area contributed by atoms with E-state index in [4.69, 9.17) is 0 Å². The average Bonchev–Trinajstić information content (AvgIpc) is 3.00. The molecular formula is C18H24N4O2S. The Bertz CT molecular complexity index is 811. The zero-order chi connectivity index (χ0) is 17.9. The van der Waals surface area contributed by atoms with E-state index in [0.29, 0.717) is 12.4 Å². The molecule has 1 saturated heterocycles. The summed E-state index contributed by atoms with van der Waals surface area (Å²) in [5.41, 5.74) is 1.22. The molecule has 25 heavy (non-hydrogen) atoms. The summed E-state index contributed by atoms with van der Waals surface area (Å²) in [5, 5.41) is 0. The van der Waals surface area contributed by atoms with Gasteiger partial charge in [-0.3, -0.25) is 0 Å². The van der Waals surface area contributed by atoms with E-state index >= 15 is 0 Å². The van der Waals surface area contributed by atoms with Crippen molar-refractivity contribution in [1.82, 2.24) is 9.97 Å². The number of hydrogen-bond acceptors (Lipinski definition) is 6. The summed E-state index contributed by atoms with van der Waals surface area (Å²) >= 11 is 0. The van der Waals surface area contributed by atoms with Gasteiger partial charge in [-0.05, 0) is 25.0 Å². The Morgan fingerprint density at radius 3 is 2.60 bits per heavy atom. The zero-order valence-electron chi connectivity index (χ0n) is 14.7. The lowest BCUT2D eigenvalue weighted by Crippen LogP contribution is -2.34. The van der Waals surface area contributed by atoms with Crippen molar-refractivity contribution in [2.24, 2.45) is 0 Å². The van der Waals surface area contributed by atoms with Crippen LogP contribution in [0.15, 0.2) is 42.6 Å². The fourth-order valence-corrected chi connectivity index (χ4v) is 4.86. The molecule has 1 aliphatic rings. The van der Waals surface area contributed by atoms with Crippen LogP contribution in [-0.4, -0.2) is 49.5 Å². The predicted molar refractivity (Wildman–Crippen MR) is 101 cm³/mol. The van der Waals surface area contributed by atoms with E-state index in [1.807, 2.05) is 36.2 Å². The van der Waals surface area contributed by atoms with E-state index in [1.165, 1.54) is 5.56 Å². The van der Waals surface area contributed by atoms with Crippen LogP contribution in [-0.2, 0) is 16.4 Å². The molecule has 7 heteroatoms. The first kappa shape index (κ1) is 17.7. The highest BCUT2D eigenvalue weighted by Gasteiger charge is 2.31. The molecule has 1 atom stereocenters. The van der Waals surface area contributed by atoms with Gasteiger partial charge in [0.05, 0.1) is 11.5 Å². The van der Waals surface area contributed by atoms with Gasteiger partial charge < -0.3 is 9.80 Å². The number of anilines is 2. The van der Waals surface area contributed by atoms with Crippen LogP contribution in [0.2, 0.25) is 0 Å². The monoisotopic (exact) mass is 360 g/mol. The molecule has 0 amide bonds. The Morgan fingerprint density at radius 1 is 1.20 bits per heavy atom. The lowest BCUT2D eigenvalue weighted by Gasteiger charge is -2.26. The molecule has 3 rings (SSSR count). The Labute approximate surface area is 149 Å². The predicted octanol–water partition coefficient (Wildman–Crippen LogP) is 2.13. The van der Waals surface area contributed by atoms with Crippen LogP contribution in [0, 0.1) is 0 Å². The number of sulfone groups is 1. The molecule has 1 unspecified atom stereocenters. The third kappa shape index (κ3) is 4.28. The van der Waals surface area contributed by atoms with Crippen molar-refractivity contribution in [2.45, 2.75) is 25.9 Å². The molecule has 2 heterocycles. The van der Waals surface area contributed by atoms with Crippen LogP contribution in [0.3, 0.4) is 0 Å². The van der Waals surface area contributed by atoms with Crippen molar-refractivity contribution < 1.29 is 8.42 Å². The molecule has 2 aromatic rings. The van der Waals surface area contributed by atoms with Crippen molar-refractivity contribution in [2.75, 3.05) is 34.9 Å². The summed E-state index contributed by atoms with van der Waals surface area (Å²) < 4.78 is 23.5. The molecule has 134 valence electrons. The van der Waals surface area contributed by atoms with Crippen LogP contribution in [0.4, 0.5) is 11.8 Å². The highest BCUT2D eigenvalue weighted by Crippen LogP contribution is 2.22. The van der Waals surface area contributed by atoms with Gasteiger partial charge in [0.1, 0.15) is 5.82 Å². The van der Waals surface area contributed by atoms with Crippen molar-refractivity contribution in [3.8, 4) is 0 Å².